The lowest BCUT2D eigenvalue weighted by atomic mass is 9.77. The second kappa shape index (κ2) is 16.9. The number of hydrogen-bond acceptors (Lipinski definition) is 10. The quantitative estimate of drug-likeness (QED) is 0.112. The largest absolute Gasteiger partial charge is 0.355 e. The van der Waals surface area contributed by atoms with Gasteiger partial charge in [-0.25, -0.2) is 14.8 Å². The van der Waals surface area contributed by atoms with E-state index in [-0.39, 0.29) is 24.3 Å². The molecule has 1 aromatic carbocycles. The van der Waals surface area contributed by atoms with Crippen molar-refractivity contribution in [1.82, 2.24) is 35.4 Å². The van der Waals surface area contributed by atoms with Crippen LogP contribution in [-0.4, -0.2) is 62.2 Å². The number of imide groups is 1. The van der Waals surface area contributed by atoms with Gasteiger partial charge in [0.05, 0.1) is 17.8 Å². The van der Waals surface area contributed by atoms with Crippen LogP contribution in [0.5, 0.6) is 0 Å². The Morgan fingerprint density at radius 1 is 1.04 bits per heavy atom. The standard InChI is InChI=1S/C39H45N11O3/c1-3-9-29(26-50(38(53)44-22-28-10-5-4-6-11-28)33-14-13-30(23-42-33)32-25-45-48(2)27-32)12-7-8-17-41-37-43-24-31(21-40)35(47-37)49-18-15-39(16-19-49)20-34(51)46-36(39)52/h4-6,10-11,13-14,23-27H,3,7-9,12,15-20,22H2,1-2H3,(H,44,53)(H,41,43,47)(H,46,51,52)/b29-26+. The highest BCUT2D eigenvalue weighted by Crippen LogP contribution is 2.40. The van der Waals surface area contributed by atoms with Crippen LogP contribution in [-0.2, 0) is 23.2 Å². The Morgan fingerprint density at radius 2 is 1.85 bits per heavy atom. The smallest absolute Gasteiger partial charge is 0.327 e. The van der Waals surface area contributed by atoms with Gasteiger partial charge in [-0.15, -0.1) is 0 Å². The van der Waals surface area contributed by atoms with E-state index >= 15 is 0 Å². The minimum Gasteiger partial charge on any atom is -0.355 e. The first-order valence-electron chi connectivity index (χ1n) is 18.1. The van der Waals surface area contributed by atoms with E-state index in [1.165, 1.54) is 6.20 Å². The van der Waals surface area contributed by atoms with Crippen molar-refractivity contribution < 1.29 is 14.4 Å². The first kappa shape index (κ1) is 36.7. The molecule has 3 aromatic heterocycles. The molecule has 0 saturated carbocycles. The number of aryl methyl sites for hydroxylation is 1. The van der Waals surface area contributed by atoms with E-state index in [9.17, 15) is 19.6 Å². The molecule has 0 aliphatic carbocycles. The number of anilines is 3. The number of benzene rings is 1. The van der Waals surface area contributed by atoms with Crippen LogP contribution in [0.25, 0.3) is 11.1 Å². The minimum atomic E-state index is -0.663. The number of allylic oxidation sites excluding steroid dienone is 1. The summed E-state index contributed by atoms with van der Waals surface area (Å²) >= 11 is 0. The number of aromatic nitrogens is 5. The molecule has 2 aliphatic heterocycles. The van der Waals surface area contributed by atoms with Crippen molar-refractivity contribution in [2.45, 2.75) is 64.8 Å². The summed E-state index contributed by atoms with van der Waals surface area (Å²) in [6.07, 6.45) is 14.4. The Hall–Kier alpha value is -6.10. The van der Waals surface area contributed by atoms with Crippen molar-refractivity contribution in [2.75, 3.05) is 34.8 Å². The van der Waals surface area contributed by atoms with Crippen LogP contribution in [0.1, 0.15) is 69.4 Å². The molecule has 2 fully saturated rings. The van der Waals surface area contributed by atoms with E-state index < -0.39 is 5.41 Å². The molecule has 0 bridgehead atoms. The zero-order valence-electron chi connectivity index (χ0n) is 30.2. The van der Waals surface area contributed by atoms with Crippen molar-refractivity contribution in [2.24, 2.45) is 12.5 Å². The molecule has 53 heavy (non-hydrogen) atoms. The molecule has 6 rings (SSSR count). The molecule has 1 spiro atoms. The number of amides is 4. The third kappa shape index (κ3) is 9.04. The number of nitriles is 1. The molecule has 4 amide bonds. The Morgan fingerprint density at radius 3 is 2.51 bits per heavy atom. The number of unbranched alkanes of at least 4 members (excludes halogenated alkanes) is 1. The van der Waals surface area contributed by atoms with Gasteiger partial charge < -0.3 is 15.5 Å². The fourth-order valence-corrected chi connectivity index (χ4v) is 6.81. The maximum Gasteiger partial charge on any atom is 0.327 e. The van der Waals surface area contributed by atoms with Crippen LogP contribution in [0, 0.1) is 16.7 Å². The third-order valence-corrected chi connectivity index (χ3v) is 9.77. The average Bonchev–Trinajstić information content (AvgIpc) is 3.73. The van der Waals surface area contributed by atoms with Gasteiger partial charge in [0.25, 0.3) is 0 Å². The molecule has 0 radical (unpaired) electrons. The number of piperidine rings is 1. The monoisotopic (exact) mass is 715 g/mol. The molecule has 3 N–H and O–H groups in total. The molecule has 5 heterocycles. The Kier molecular flexibility index (Phi) is 11.7. The highest BCUT2D eigenvalue weighted by molar-refractivity contribution is 6.06. The lowest BCUT2D eigenvalue weighted by Crippen LogP contribution is -2.44. The van der Waals surface area contributed by atoms with E-state index in [0.717, 1.165) is 54.4 Å². The second-order valence-electron chi connectivity index (χ2n) is 13.6. The highest BCUT2D eigenvalue weighted by Gasteiger charge is 2.48. The SMILES string of the molecule is CCC/C(=C\N(C(=O)NCc1ccccc1)c1ccc(-c2cnn(C)c2)cn1)CCCCNc1ncc(C#N)c(N2CCC3(CC2)CC(=O)NC3=O)n1. The van der Waals surface area contributed by atoms with Crippen molar-refractivity contribution in [1.29, 1.82) is 5.26 Å². The number of hydrogen-bond donors (Lipinski definition) is 3. The molecular weight excluding hydrogens is 671 g/mol. The predicted molar refractivity (Wildman–Crippen MR) is 201 cm³/mol. The van der Waals surface area contributed by atoms with Gasteiger partial charge in [-0.1, -0.05) is 49.2 Å². The summed E-state index contributed by atoms with van der Waals surface area (Å²) in [5.74, 6) is 1.06. The zero-order valence-corrected chi connectivity index (χ0v) is 30.2. The van der Waals surface area contributed by atoms with Crippen molar-refractivity contribution in [3.05, 3.63) is 90.2 Å². The molecule has 0 atom stereocenters. The maximum atomic E-state index is 13.7. The highest BCUT2D eigenvalue weighted by atomic mass is 16.2. The molecule has 274 valence electrons. The number of rotatable bonds is 14. The summed E-state index contributed by atoms with van der Waals surface area (Å²) in [6, 6.07) is 15.5. The fourth-order valence-electron chi connectivity index (χ4n) is 6.81. The van der Waals surface area contributed by atoms with Crippen LogP contribution in [0.15, 0.2) is 79.0 Å². The first-order valence-corrected chi connectivity index (χ1v) is 18.1. The van der Waals surface area contributed by atoms with Crippen LogP contribution < -0.4 is 25.8 Å². The second-order valence-corrected chi connectivity index (χ2v) is 13.6. The molecule has 2 aliphatic rings. The van der Waals surface area contributed by atoms with Gasteiger partial charge in [-0.05, 0) is 56.2 Å². The zero-order chi connectivity index (χ0) is 37.2. The number of carbonyl (C=O) groups is 3. The van der Waals surface area contributed by atoms with E-state index in [2.05, 4.69) is 49.0 Å². The van der Waals surface area contributed by atoms with Crippen LogP contribution >= 0.6 is 0 Å². The molecule has 4 aromatic rings. The Bertz CT molecular complexity index is 1980. The molecule has 14 heteroatoms. The number of nitrogens with one attached hydrogen (secondary N) is 3. The van der Waals surface area contributed by atoms with Crippen molar-refractivity contribution >= 4 is 35.4 Å². The van der Waals surface area contributed by atoms with Crippen LogP contribution in [0.2, 0.25) is 0 Å². The normalized spacial score (nSPS) is 15.3. The maximum absolute atomic E-state index is 13.7. The average molecular weight is 716 g/mol. The van der Waals surface area contributed by atoms with Gasteiger partial charge in [0.2, 0.25) is 17.8 Å². The van der Waals surface area contributed by atoms with E-state index in [4.69, 9.17) is 0 Å². The summed E-state index contributed by atoms with van der Waals surface area (Å²) in [5, 5.41) is 22.8. The molecule has 0 unspecified atom stereocenters. The Balaban J connectivity index is 1.08. The summed E-state index contributed by atoms with van der Waals surface area (Å²) in [4.78, 5) is 55.3. The third-order valence-electron chi connectivity index (χ3n) is 9.77. The Labute approximate surface area is 309 Å². The minimum absolute atomic E-state index is 0.198. The van der Waals surface area contributed by atoms with Crippen LogP contribution in [0.3, 0.4) is 0 Å². The molecule has 2 saturated heterocycles. The van der Waals surface area contributed by atoms with Gasteiger partial charge in [0, 0.05) is 69.4 Å². The number of carbonyl (C=O) groups excluding carboxylic acids is 3. The first-order chi connectivity index (χ1) is 25.8. The van der Waals surface area contributed by atoms with Gasteiger partial charge in [-0.2, -0.15) is 15.3 Å². The summed E-state index contributed by atoms with van der Waals surface area (Å²) in [7, 11) is 1.87. The number of urea groups is 1. The predicted octanol–water partition coefficient (Wildman–Crippen LogP) is 5.46. The summed E-state index contributed by atoms with van der Waals surface area (Å²) in [6.45, 7) is 4.17. The lowest BCUT2D eigenvalue weighted by Gasteiger charge is -2.37. The van der Waals surface area contributed by atoms with Gasteiger partial charge in [-0.3, -0.25) is 24.5 Å². The van der Waals surface area contributed by atoms with Gasteiger partial charge in [0.1, 0.15) is 17.5 Å². The van der Waals surface area contributed by atoms with Crippen molar-refractivity contribution in [3.8, 4) is 17.2 Å². The van der Waals surface area contributed by atoms with E-state index in [1.807, 2.05) is 66.8 Å². The molecular formula is C39H45N11O3. The van der Waals surface area contributed by atoms with Gasteiger partial charge >= 0.3 is 6.03 Å². The van der Waals surface area contributed by atoms with Crippen LogP contribution in [0.4, 0.5) is 22.4 Å². The number of nitrogens with zero attached hydrogens (tertiary/aromatic N) is 8. The summed E-state index contributed by atoms with van der Waals surface area (Å²) in [5.41, 5.74) is 3.70. The van der Waals surface area contributed by atoms with Gasteiger partial charge in [0.15, 0.2) is 5.82 Å². The summed E-state index contributed by atoms with van der Waals surface area (Å²) < 4.78 is 1.74. The topological polar surface area (TPSA) is 174 Å². The fraction of sp³-hybridized carbons (Fsp3) is 0.385. The van der Waals surface area contributed by atoms with E-state index in [1.54, 1.807) is 22.0 Å². The van der Waals surface area contributed by atoms with Crippen molar-refractivity contribution in [3.63, 3.8) is 0 Å². The lowest BCUT2D eigenvalue weighted by molar-refractivity contribution is -0.129. The van der Waals surface area contributed by atoms with E-state index in [0.29, 0.717) is 62.2 Å². The molecule has 14 nitrogen and oxygen atoms in total. The number of pyridine rings is 1.